The predicted octanol–water partition coefficient (Wildman–Crippen LogP) is 1.24. The average molecular weight is 263 g/mol. The van der Waals surface area contributed by atoms with E-state index in [2.05, 4.69) is 12.2 Å². The lowest BCUT2D eigenvalue weighted by atomic mass is 9.87. The lowest BCUT2D eigenvalue weighted by Crippen LogP contribution is -2.23. The van der Waals surface area contributed by atoms with E-state index in [4.69, 9.17) is 15.3 Å². The molecule has 0 bridgehead atoms. The van der Waals surface area contributed by atoms with E-state index in [1.807, 2.05) is 0 Å². The van der Waals surface area contributed by atoms with Crippen molar-refractivity contribution in [2.24, 2.45) is 5.41 Å². The highest BCUT2D eigenvalue weighted by atomic mass is 16.4. The van der Waals surface area contributed by atoms with Crippen molar-refractivity contribution in [3.8, 4) is 0 Å². The summed E-state index contributed by atoms with van der Waals surface area (Å²) in [6.07, 6.45) is 4.10. The number of carboxylic acid groups (broad SMARTS) is 1. The van der Waals surface area contributed by atoms with Gasteiger partial charge in [0.1, 0.15) is 0 Å². The van der Waals surface area contributed by atoms with Gasteiger partial charge in [-0.3, -0.25) is 4.79 Å². The summed E-state index contributed by atoms with van der Waals surface area (Å²) >= 11 is 0. The third-order valence-electron chi connectivity index (χ3n) is 2.56. The summed E-state index contributed by atoms with van der Waals surface area (Å²) in [6.45, 7) is 7.10. The zero-order valence-electron chi connectivity index (χ0n) is 11.9. The van der Waals surface area contributed by atoms with Crippen molar-refractivity contribution in [2.45, 2.75) is 46.5 Å². The van der Waals surface area contributed by atoms with Crippen molar-refractivity contribution in [2.75, 3.05) is 26.3 Å². The number of carbonyl (C=O) groups is 1. The molecular weight excluding hydrogens is 234 g/mol. The number of aliphatic hydroxyl groups is 2. The van der Waals surface area contributed by atoms with Crippen LogP contribution in [0.2, 0.25) is 0 Å². The highest BCUT2D eigenvalue weighted by Gasteiger charge is 2.25. The first-order valence-electron chi connectivity index (χ1n) is 6.58. The summed E-state index contributed by atoms with van der Waals surface area (Å²) in [5.41, 5.74) is -0.533. The van der Waals surface area contributed by atoms with Gasteiger partial charge >= 0.3 is 5.97 Å². The second-order valence-electron chi connectivity index (χ2n) is 4.84. The minimum atomic E-state index is -0.686. The van der Waals surface area contributed by atoms with Crippen LogP contribution in [0.4, 0.5) is 0 Å². The summed E-state index contributed by atoms with van der Waals surface area (Å²) < 4.78 is 0. The Bertz CT molecular complexity index is 191. The molecule has 0 rings (SSSR count). The number of rotatable bonds is 9. The lowest BCUT2D eigenvalue weighted by molar-refractivity contribution is -0.147. The fraction of sp³-hybridized carbons (Fsp3) is 0.923. The quantitative estimate of drug-likeness (QED) is 0.470. The van der Waals surface area contributed by atoms with Crippen LogP contribution in [-0.4, -0.2) is 47.6 Å². The number of hydrogen-bond acceptors (Lipinski definition) is 4. The minimum Gasteiger partial charge on any atom is -0.481 e. The van der Waals surface area contributed by atoms with Crippen LogP contribution in [0.1, 0.15) is 46.5 Å². The van der Waals surface area contributed by atoms with Gasteiger partial charge in [-0.25, -0.2) is 0 Å². The molecule has 18 heavy (non-hydrogen) atoms. The SMILES string of the molecule is CCCCCC(C)(C)C(=O)O.OCCNCCO. The Balaban J connectivity index is 0. The van der Waals surface area contributed by atoms with Crippen molar-refractivity contribution >= 4 is 5.97 Å². The largest absolute Gasteiger partial charge is 0.481 e. The lowest BCUT2D eigenvalue weighted by Gasteiger charge is -2.18. The summed E-state index contributed by atoms with van der Waals surface area (Å²) in [5, 5.41) is 27.8. The minimum absolute atomic E-state index is 0.139. The second-order valence-corrected chi connectivity index (χ2v) is 4.84. The smallest absolute Gasteiger partial charge is 0.309 e. The molecule has 0 aliphatic heterocycles. The summed E-state index contributed by atoms with van der Waals surface area (Å²) in [6, 6.07) is 0. The van der Waals surface area contributed by atoms with Gasteiger partial charge in [0.15, 0.2) is 0 Å². The molecule has 0 aliphatic carbocycles. The molecule has 0 unspecified atom stereocenters. The van der Waals surface area contributed by atoms with Crippen molar-refractivity contribution in [3.05, 3.63) is 0 Å². The fourth-order valence-corrected chi connectivity index (χ4v) is 1.21. The van der Waals surface area contributed by atoms with Gasteiger partial charge in [-0.15, -0.1) is 0 Å². The van der Waals surface area contributed by atoms with E-state index >= 15 is 0 Å². The van der Waals surface area contributed by atoms with E-state index in [-0.39, 0.29) is 13.2 Å². The molecule has 110 valence electrons. The zero-order chi connectivity index (χ0) is 14.4. The number of aliphatic carboxylic acids is 1. The number of aliphatic hydroxyl groups excluding tert-OH is 2. The molecule has 0 amide bonds. The predicted molar refractivity (Wildman–Crippen MR) is 72.6 cm³/mol. The number of nitrogens with one attached hydrogen (secondary N) is 1. The Kier molecular flexibility index (Phi) is 14.0. The molecular formula is C13H29NO4. The summed E-state index contributed by atoms with van der Waals surface area (Å²) in [7, 11) is 0. The van der Waals surface area contributed by atoms with Gasteiger partial charge in [0, 0.05) is 13.1 Å². The Morgan fingerprint density at radius 3 is 1.94 bits per heavy atom. The fourth-order valence-electron chi connectivity index (χ4n) is 1.21. The van der Waals surface area contributed by atoms with Crippen molar-refractivity contribution in [1.29, 1.82) is 0 Å². The zero-order valence-corrected chi connectivity index (χ0v) is 11.9. The van der Waals surface area contributed by atoms with Gasteiger partial charge in [-0.2, -0.15) is 0 Å². The van der Waals surface area contributed by atoms with Crippen LogP contribution in [0.5, 0.6) is 0 Å². The molecule has 4 N–H and O–H groups in total. The monoisotopic (exact) mass is 263 g/mol. The molecule has 0 aromatic rings. The van der Waals surface area contributed by atoms with E-state index < -0.39 is 11.4 Å². The Morgan fingerprint density at radius 2 is 1.61 bits per heavy atom. The number of carboxylic acids is 1. The van der Waals surface area contributed by atoms with E-state index in [1.165, 1.54) is 0 Å². The molecule has 0 aromatic carbocycles. The maximum Gasteiger partial charge on any atom is 0.309 e. The van der Waals surface area contributed by atoms with E-state index in [9.17, 15) is 4.79 Å². The van der Waals surface area contributed by atoms with Crippen LogP contribution in [0.25, 0.3) is 0 Å². The molecule has 0 heterocycles. The Morgan fingerprint density at radius 1 is 1.11 bits per heavy atom. The van der Waals surface area contributed by atoms with Crippen LogP contribution < -0.4 is 5.32 Å². The molecule has 0 saturated heterocycles. The Hall–Kier alpha value is -0.650. The number of hydrogen-bond donors (Lipinski definition) is 4. The third-order valence-corrected chi connectivity index (χ3v) is 2.56. The molecule has 0 fully saturated rings. The first kappa shape index (κ1) is 19.7. The summed E-state index contributed by atoms with van der Waals surface area (Å²) in [5.74, 6) is -0.686. The highest BCUT2D eigenvalue weighted by molar-refractivity contribution is 5.73. The van der Waals surface area contributed by atoms with Crippen LogP contribution in [-0.2, 0) is 4.79 Å². The van der Waals surface area contributed by atoms with Crippen molar-refractivity contribution < 1.29 is 20.1 Å². The van der Waals surface area contributed by atoms with Crippen LogP contribution in [0.15, 0.2) is 0 Å². The highest BCUT2D eigenvalue weighted by Crippen LogP contribution is 2.23. The standard InChI is InChI=1S/C9H18O2.C4H11NO2/c1-4-5-6-7-9(2,3)8(10)11;6-3-1-5-2-4-7/h4-7H2,1-3H3,(H,10,11);5-7H,1-4H2. The van der Waals surface area contributed by atoms with Crippen LogP contribution >= 0.6 is 0 Å². The van der Waals surface area contributed by atoms with Crippen LogP contribution in [0, 0.1) is 5.41 Å². The molecule has 0 aliphatic rings. The van der Waals surface area contributed by atoms with Gasteiger partial charge in [-0.1, -0.05) is 26.2 Å². The third kappa shape index (κ3) is 13.4. The number of unbranched alkanes of at least 4 members (excludes halogenated alkanes) is 2. The van der Waals surface area contributed by atoms with Gasteiger partial charge in [0.25, 0.3) is 0 Å². The van der Waals surface area contributed by atoms with Crippen molar-refractivity contribution in [1.82, 2.24) is 5.32 Å². The van der Waals surface area contributed by atoms with Crippen molar-refractivity contribution in [3.63, 3.8) is 0 Å². The van der Waals surface area contributed by atoms with Crippen LogP contribution in [0.3, 0.4) is 0 Å². The van der Waals surface area contributed by atoms with Gasteiger partial charge in [0.05, 0.1) is 18.6 Å². The first-order chi connectivity index (χ1) is 8.42. The molecule has 0 atom stereocenters. The van der Waals surface area contributed by atoms with Gasteiger partial charge < -0.3 is 20.6 Å². The summed E-state index contributed by atoms with van der Waals surface area (Å²) in [4.78, 5) is 10.6. The average Bonchev–Trinajstić information content (AvgIpc) is 2.30. The Labute approximate surface area is 110 Å². The van der Waals surface area contributed by atoms with E-state index in [1.54, 1.807) is 13.8 Å². The topological polar surface area (TPSA) is 89.8 Å². The molecule has 0 spiro atoms. The molecule has 0 aromatic heterocycles. The van der Waals surface area contributed by atoms with Gasteiger partial charge in [-0.05, 0) is 20.3 Å². The molecule has 0 saturated carbocycles. The van der Waals surface area contributed by atoms with E-state index in [0.29, 0.717) is 13.1 Å². The second kappa shape index (κ2) is 12.8. The van der Waals surface area contributed by atoms with Gasteiger partial charge in [0.2, 0.25) is 0 Å². The van der Waals surface area contributed by atoms with E-state index in [0.717, 1.165) is 25.7 Å². The molecule has 0 radical (unpaired) electrons. The maximum atomic E-state index is 10.6. The normalized spacial score (nSPS) is 10.7. The maximum absolute atomic E-state index is 10.6. The molecule has 5 nitrogen and oxygen atoms in total. The first-order valence-corrected chi connectivity index (χ1v) is 6.58. The molecule has 5 heteroatoms.